The molecule has 0 unspecified atom stereocenters. The highest BCUT2D eigenvalue weighted by atomic mass is 32.2. The zero-order valence-corrected chi connectivity index (χ0v) is 7.38. The second-order valence-corrected chi connectivity index (χ2v) is 3.75. The average molecular weight is 207 g/mol. The van der Waals surface area contributed by atoms with Gasteiger partial charge in [0.2, 0.25) is 0 Å². The molecular weight excluding hydrogens is 201 g/mol. The number of halogens is 1. The predicted molar refractivity (Wildman–Crippen MR) is 41.9 cm³/mol. The van der Waals surface area contributed by atoms with Crippen molar-refractivity contribution in [3.63, 3.8) is 0 Å². The van der Waals surface area contributed by atoms with Gasteiger partial charge in [0.15, 0.2) is 11.6 Å². The summed E-state index contributed by atoms with van der Waals surface area (Å²) < 4.78 is 37.8. The minimum absolute atomic E-state index is 0.464. The maximum absolute atomic E-state index is 12.5. The summed E-state index contributed by atoms with van der Waals surface area (Å²) in [4.78, 5) is 6.51. The van der Waals surface area contributed by atoms with Gasteiger partial charge in [-0.25, -0.2) is 4.39 Å². The molecule has 13 heavy (non-hydrogen) atoms. The van der Waals surface area contributed by atoms with E-state index in [1.165, 1.54) is 0 Å². The lowest BCUT2D eigenvalue weighted by Gasteiger charge is -2.00. The van der Waals surface area contributed by atoms with Crippen molar-refractivity contribution in [2.24, 2.45) is 0 Å². The number of anilines is 1. The molecule has 0 aliphatic carbocycles. The van der Waals surface area contributed by atoms with E-state index in [1.807, 2.05) is 0 Å². The third-order valence-electron chi connectivity index (χ3n) is 0.975. The van der Waals surface area contributed by atoms with Gasteiger partial charge in [0.1, 0.15) is 0 Å². The van der Waals surface area contributed by atoms with Crippen LogP contribution in [-0.2, 0) is 10.1 Å². The molecule has 8 heteroatoms. The van der Waals surface area contributed by atoms with Crippen molar-refractivity contribution in [1.82, 2.24) is 9.97 Å². The minimum Gasteiger partial charge on any atom is -0.381 e. The van der Waals surface area contributed by atoms with Gasteiger partial charge in [-0.05, 0) is 0 Å². The van der Waals surface area contributed by atoms with Gasteiger partial charge < -0.3 is 9.92 Å². The van der Waals surface area contributed by atoms with Crippen molar-refractivity contribution in [3.8, 4) is 6.01 Å². The summed E-state index contributed by atoms with van der Waals surface area (Å²) in [5, 5.41) is 0. The Morgan fingerprint density at radius 1 is 1.62 bits per heavy atom. The van der Waals surface area contributed by atoms with E-state index >= 15 is 0 Å². The van der Waals surface area contributed by atoms with E-state index in [4.69, 9.17) is 5.73 Å². The van der Waals surface area contributed by atoms with E-state index in [9.17, 15) is 12.8 Å². The van der Waals surface area contributed by atoms with E-state index in [0.717, 1.165) is 12.5 Å². The first-order valence-electron chi connectivity index (χ1n) is 3.06. The highest BCUT2D eigenvalue weighted by Gasteiger charge is 2.09. The number of nitrogen functional groups attached to an aromatic ring is 1. The highest BCUT2D eigenvalue weighted by molar-refractivity contribution is 7.86. The van der Waals surface area contributed by atoms with Crippen LogP contribution in [0.15, 0.2) is 6.20 Å². The normalized spacial score (nSPS) is 11.2. The summed E-state index contributed by atoms with van der Waals surface area (Å²) in [7, 11) is -3.71. The Balaban J connectivity index is 2.99. The molecule has 0 atom stereocenters. The maximum Gasteiger partial charge on any atom is 0.334 e. The van der Waals surface area contributed by atoms with Crippen LogP contribution in [0.25, 0.3) is 0 Å². The molecule has 6 nitrogen and oxygen atoms in total. The van der Waals surface area contributed by atoms with Gasteiger partial charge in [0.25, 0.3) is 0 Å². The first kappa shape index (κ1) is 9.65. The van der Waals surface area contributed by atoms with Crippen molar-refractivity contribution in [3.05, 3.63) is 12.0 Å². The van der Waals surface area contributed by atoms with Gasteiger partial charge >= 0.3 is 16.1 Å². The molecule has 72 valence electrons. The van der Waals surface area contributed by atoms with E-state index in [0.29, 0.717) is 0 Å². The first-order chi connectivity index (χ1) is 5.88. The average Bonchev–Trinajstić information content (AvgIpc) is 1.94. The lowest BCUT2D eigenvalue weighted by molar-refractivity contribution is 0.467. The second kappa shape index (κ2) is 3.13. The van der Waals surface area contributed by atoms with Gasteiger partial charge in [-0.3, -0.25) is 0 Å². The van der Waals surface area contributed by atoms with Crippen LogP contribution in [0.2, 0.25) is 0 Å². The van der Waals surface area contributed by atoms with Crippen molar-refractivity contribution in [1.29, 1.82) is 0 Å². The molecule has 1 rings (SSSR count). The molecule has 0 aliphatic heterocycles. The van der Waals surface area contributed by atoms with E-state index in [2.05, 4.69) is 14.2 Å². The van der Waals surface area contributed by atoms with Gasteiger partial charge in [-0.15, -0.1) is 0 Å². The molecule has 1 heterocycles. The number of hydrogen-bond donors (Lipinski definition) is 1. The summed E-state index contributed by atoms with van der Waals surface area (Å²) >= 11 is 0. The molecule has 0 aromatic carbocycles. The number of nitrogens with zero attached hydrogens (tertiary/aromatic N) is 2. The van der Waals surface area contributed by atoms with Gasteiger partial charge in [0, 0.05) is 0 Å². The Morgan fingerprint density at radius 2 is 2.23 bits per heavy atom. The van der Waals surface area contributed by atoms with Crippen LogP contribution in [-0.4, -0.2) is 24.6 Å². The van der Waals surface area contributed by atoms with Gasteiger partial charge in [-0.1, -0.05) is 0 Å². The number of hydrogen-bond acceptors (Lipinski definition) is 6. The van der Waals surface area contributed by atoms with E-state index in [-0.39, 0.29) is 0 Å². The Hall–Kier alpha value is -1.44. The molecule has 0 spiro atoms. The number of nitrogens with two attached hydrogens (primary N) is 1. The Labute approximate surface area is 73.7 Å². The molecule has 0 bridgehead atoms. The SMILES string of the molecule is CS(=O)(=O)Oc1ncc(F)c(N)n1. The van der Waals surface area contributed by atoms with Crippen LogP contribution in [0.3, 0.4) is 0 Å². The highest BCUT2D eigenvalue weighted by Crippen LogP contribution is 2.10. The maximum atomic E-state index is 12.5. The molecule has 0 radical (unpaired) electrons. The molecule has 0 saturated heterocycles. The Morgan fingerprint density at radius 3 is 2.69 bits per heavy atom. The van der Waals surface area contributed by atoms with Crippen molar-refractivity contribution in [2.45, 2.75) is 0 Å². The summed E-state index contributed by atoms with van der Waals surface area (Å²) in [5.74, 6) is -1.30. The third-order valence-corrected chi connectivity index (χ3v) is 1.43. The molecule has 2 N–H and O–H groups in total. The summed E-state index contributed by atoms with van der Waals surface area (Å²) in [6, 6.07) is -0.499. The number of rotatable bonds is 2. The summed E-state index contributed by atoms with van der Waals surface area (Å²) in [6.45, 7) is 0. The molecule has 0 saturated carbocycles. The zero-order chi connectivity index (χ0) is 10.1. The fourth-order valence-corrected chi connectivity index (χ4v) is 0.890. The molecule has 0 aliphatic rings. The predicted octanol–water partition coefficient (Wildman–Crippen LogP) is -0.464. The summed E-state index contributed by atoms with van der Waals surface area (Å²) in [5.41, 5.74) is 5.04. The Bertz CT molecular complexity index is 419. The van der Waals surface area contributed by atoms with E-state index in [1.54, 1.807) is 0 Å². The molecule has 0 fully saturated rings. The molecule has 0 amide bonds. The van der Waals surface area contributed by atoms with Crippen LogP contribution in [0.4, 0.5) is 10.2 Å². The Kier molecular flexibility index (Phi) is 2.32. The number of aromatic nitrogens is 2. The van der Waals surface area contributed by atoms with Gasteiger partial charge in [-0.2, -0.15) is 18.4 Å². The standard InChI is InChI=1S/C5H6FN3O3S/c1-13(10,11)12-5-8-2-3(6)4(7)9-5/h2H,1H3,(H2,7,8,9). The van der Waals surface area contributed by atoms with Gasteiger partial charge in [0.05, 0.1) is 12.5 Å². The minimum atomic E-state index is -3.71. The first-order valence-corrected chi connectivity index (χ1v) is 4.87. The van der Waals surface area contributed by atoms with Crippen molar-refractivity contribution >= 4 is 15.9 Å². The molecule has 1 aromatic rings. The van der Waals surface area contributed by atoms with Crippen LogP contribution in [0.5, 0.6) is 6.01 Å². The molecule has 1 aromatic heterocycles. The summed E-state index contributed by atoms with van der Waals surface area (Å²) in [6.07, 6.45) is 1.54. The lowest BCUT2D eigenvalue weighted by Crippen LogP contribution is -2.09. The quantitative estimate of drug-likeness (QED) is 0.659. The van der Waals surface area contributed by atoms with Crippen LogP contribution in [0, 0.1) is 5.82 Å². The fraction of sp³-hybridized carbons (Fsp3) is 0.200. The smallest absolute Gasteiger partial charge is 0.334 e. The van der Waals surface area contributed by atoms with Crippen LogP contribution in [0.1, 0.15) is 0 Å². The lowest BCUT2D eigenvalue weighted by atomic mass is 10.6. The van der Waals surface area contributed by atoms with Crippen molar-refractivity contribution < 1.29 is 17.0 Å². The van der Waals surface area contributed by atoms with Crippen LogP contribution < -0.4 is 9.92 Å². The zero-order valence-electron chi connectivity index (χ0n) is 6.56. The monoisotopic (exact) mass is 207 g/mol. The third kappa shape index (κ3) is 2.82. The second-order valence-electron chi connectivity index (χ2n) is 2.17. The topological polar surface area (TPSA) is 95.2 Å². The largest absolute Gasteiger partial charge is 0.381 e. The fourth-order valence-electron chi connectivity index (χ4n) is 0.539. The van der Waals surface area contributed by atoms with E-state index < -0.39 is 27.8 Å². The van der Waals surface area contributed by atoms with Crippen molar-refractivity contribution in [2.75, 3.05) is 12.0 Å². The van der Waals surface area contributed by atoms with Crippen LogP contribution >= 0.6 is 0 Å². The molecular formula is C5H6FN3O3S.